The minimum Gasteiger partial charge on any atom is -0.493 e. The van der Waals surface area contributed by atoms with Crippen LogP contribution >= 0.6 is 0 Å². The molecule has 12 nitrogen and oxygen atoms in total. The first kappa shape index (κ1) is 36.4. The summed E-state index contributed by atoms with van der Waals surface area (Å²) < 4.78 is 26.6. The summed E-state index contributed by atoms with van der Waals surface area (Å²) in [6.07, 6.45) is 3.54. The highest BCUT2D eigenvalue weighted by Crippen LogP contribution is 2.30. The van der Waals surface area contributed by atoms with E-state index >= 15 is 4.39 Å². The molecule has 0 aliphatic carbocycles. The number of aliphatic imine (C=N–C) groups is 2. The molecule has 3 atom stereocenters. The second-order valence-corrected chi connectivity index (χ2v) is 13.4. The summed E-state index contributed by atoms with van der Waals surface area (Å²) in [7, 11) is 0. The van der Waals surface area contributed by atoms with Gasteiger partial charge in [0.2, 0.25) is 11.8 Å². The standard InChI is InChI=1S/C33H49FN6O6/c1-20(2)28(35)38-31(43)39-15-11-22(12-16-39)21(3)13-17-45-23-9-10-24(26(34)18-23)25(19-37-32(44)46-33(4,5)6)30(42)40-14-7-8-27(40)29(36)41/h9-10,18-22,25,27H,7-8,11-17H2,1-6H3,(H2,36,41)(H2,35,38,43)/t21-,25?,27+/m1/s1. The lowest BCUT2D eigenvalue weighted by Gasteiger charge is -2.34. The zero-order valence-corrected chi connectivity index (χ0v) is 27.8. The fourth-order valence-corrected chi connectivity index (χ4v) is 5.62. The molecule has 2 aliphatic heterocycles. The number of amidine groups is 1. The van der Waals surface area contributed by atoms with Gasteiger partial charge in [0, 0.05) is 43.4 Å². The predicted octanol–water partition coefficient (Wildman–Crippen LogP) is 4.64. The van der Waals surface area contributed by atoms with Gasteiger partial charge in [0.1, 0.15) is 35.0 Å². The molecule has 2 aliphatic rings. The van der Waals surface area contributed by atoms with Crippen molar-refractivity contribution in [3.63, 3.8) is 0 Å². The number of nitrogens with two attached hydrogens (primary N) is 2. The number of carbonyl (C=O) groups excluding carboxylic acids is 4. The maximum Gasteiger partial charge on any atom is 0.433 e. The fraction of sp³-hybridized carbons (Fsp3) is 0.636. The minimum atomic E-state index is -1.29. The molecule has 4 N–H and O–H groups in total. The van der Waals surface area contributed by atoms with Crippen molar-refractivity contribution in [3.8, 4) is 5.75 Å². The van der Waals surface area contributed by atoms with Gasteiger partial charge in [0.25, 0.3) is 0 Å². The van der Waals surface area contributed by atoms with E-state index in [9.17, 15) is 19.2 Å². The topological polar surface area (TPSA) is 170 Å². The smallest absolute Gasteiger partial charge is 0.433 e. The van der Waals surface area contributed by atoms with Crippen LogP contribution in [0.5, 0.6) is 5.75 Å². The molecule has 2 saturated heterocycles. The Balaban J connectivity index is 1.63. The van der Waals surface area contributed by atoms with E-state index in [0.29, 0.717) is 56.0 Å². The van der Waals surface area contributed by atoms with Gasteiger partial charge >= 0.3 is 12.1 Å². The molecule has 13 heteroatoms. The highest BCUT2D eigenvalue weighted by Gasteiger charge is 2.37. The van der Waals surface area contributed by atoms with Gasteiger partial charge in [-0.15, -0.1) is 0 Å². The molecule has 1 unspecified atom stereocenters. The van der Waals surface area contributed by atoms with Crippen molar-refractivity contribution in [2.45, 2.75) is 91.2 Å². The van der Waals surface area contributed by atoms with Crippen molar-refractivity contribution in [2.75, 3.05) is 26.2 Å². The highest BCUT2D eigenvalue weighted by molar-refractivity contribution is 6.03. The second-order valence-electron chi connectivity index (χ2n) is 13.4. The molecule has 0 radical (unpaired) electrons. The van der Waals surface area contributed by atoms with E-state index in [1.807, 2.05) is 13.8 Å². The zero-order valence-electron chi connectivity index (χ0n) is 27.8. The van der Waals surface area contributed by atoms with Crippen molar-refractivity contribution < 1.29 is 33.0 Å². The first-order valence-corrected chi connectivity index (χ1v) is 16.0. The number of urea groups is 1. The molecule has 2 heterocycles. The van der Waals surface area contributed by atoms with Crippen LogP contribution < -0.4 is 16.2 Å². The number of ether oxygens (including phenoxy) is 2. The van der Waals surface area contributed by atoms with Gasteiger partial charge in [-0.05, 0) is 70.8 Å². The third-order valence-corrected chi connectivity index (χ3v) is 8.43. The van der Waals surface area contributed by atoms with Crippen LogP contribution in [0.4, 0.5) is 14.0 Å². The third kappa shape index (κ3) is 10.2. The first-order chi connectivity index (χ1) is 21.6. The molecular formula is C33H49FN6O6. The Hall–Kier alpha value is -4.03. The fourth-order valence-electron chi connectivity index (χ4n) is 5.62. The lowest BCUT2D eigenvalue weighted by Crippen LogP contribution is -2.46. The summed E-state index contributed by atoms with van der Waals surface area (Å²) in [6, 6.07) is 3.08. The summed E-state index contributed by atoms with van der Waals surface area (Å²) in [5, 5.41) is 0. The number of carbonyl (C=O) groups is 4. The van der Waals surface area contributed by atoms with Crippen molar-refractivity contribution in [3.05, 3.63) is 29.6 Å². The van der Waals surface area contributed by atoms with Crippen LogP contribution in [-0.2, 0) is 14.3 Å². The van der Waals surface area contributed by atoms with E-state index < -0.39 is 41.3 Å². The Bertz CT molecular complexity index is 1320. The summed E-state index contributed by atoms with van der Waals surface area (Å²) >= 11 is 0. The van der Waals surface area contributed by atoms with E-state index in [4.69, 9.17) is 20.9 Å². The molecule has 46 heavy (non-hydrogen) atoms. The maximum atomic E-state index is 15.5. The first-order valence-electron chi connectivity index (χ1n) is 16.0. The Morgan fingerprint density at radius 2 is 1.74 bits per heavy atom. The number of primary amides is 1. The van der Waals surface area contributed by atoms with Gasteiger partial charge in [-0.25, -0.2) is 14.0 Å². The van der Waals surface area contributed by atoms with Crippen molar-refractivity contribution >= 4 is 36.0 Å². The second kappa shape index (κ2) is 16.0. The predicted molar refractivity (Wildman–Crippen MR) is 173 cm³/mol. The van der Waals surface area contributed by atoms with Crippen LogP contribution in [0.1, 0.15) is 85.1 Å². The molecule has 0 aromatic heterocycles. The molecule has 0 bridgehead atoms. The quantitative estimate of drug-likeness (QED) is 0.276. The SMILES string of the molecule is CC(C)/C(N)=N/C(=O)N1CCC([C@H](C)CCOc2ccc(C(C=NC(=O)OC(C)(C)C)C(=O)N3CCC[C@H]3C(N)=O)c(F)c2)CC1. The lowest BCUT2D eigenvalue weighted by atomic mass is 9.84. The van der Waals surface area contributed by atoms with Gasteiger partial charge in [0.15, 0.2) is 0 Å². The molecule has 1 aromatic rings. The van der Waals surface area contributed by atoms with E-state index in [2.05, 4.69) is 16.9 Å². The Morgan fingerprint density at radius 3 is 2.33 bits per heavy atom. The van der Waals surface area contributed by atoms with E-state index in [0.717, 1.165) is 25.5 Å². The Morgan fingerprint density at radius 1 is 1.07 bits per heavy atom. The number of hydrogen-bond acceptors (Lipinski definition) is 6. The number of piperidine rings is 1. The van der Waals surface area contributed by atoms with Crippen molar-refractivity contribution in [1.82, 2.24) is 9.80 Å². The average Bonchev–Trinajstić information content (AvgIpc) is 3.47. The molecule has 2 fully saturated rings. The summed E-state index contributed by atoms with van der Waals surface area (Å²) in [5.41, 5.74) is 10.5. The number of rotatable bonds is 10. The van der Waals surface area contributed by atoms with Gasteiger partial charge in [-0.2, -0.15) is 9.98 Å². The third-order valence-electron chi connectivity index (χ3n) is 8.43. The average molecular weight is 645 g/mol. The number of benzene rings is 1. The van der Waals surface area contributed by atoms with Crippen LogP contribution in [0.3, 0.4) is 0 Å². The molecule has 0 spiro atoms. The van der Waals surface area contributed by atoms with Crippen LogP contribution in [0.25, 0.3) is 0 Å². The van der Waals surface area contributed by atoms with Crippen LogP contribution in [0.15, 0.2) is 28.2 Å². The highest BCUT2D eigenvalue weighted by atomic mass is 19.1. The number of hydrogen-bond donors (Lipinski definition) is 2. The van der Waals surface area contributed by atoms with Gasteiger partial charge in [-0.1, -0.05) is 26.8 Å². The van der Waals surface area contributed by atoms with E-state index in [-0.39, 0.29) is 24.1 Å². The monoisotopic (exact) mass is 644 g/mol. The summed E-state index contributed by atoms with van der Waals surface area (Å²) in [6.45, 7) is 12.8. The van der Waals surface area contributed by atoms with E-state index in [1.54, 1.807) is 31.7 Å². The molecule has 254 valence electrons. The Kier molecular flexibility index (Phi) is 12.7. The van der Waals surface area contributed by atoms with Gasteiger partial charge < -0.3 is 30.7 Å². The maximum absolute atomic E-state index is 15.5. The van der Waals surface area contributed by atoms with Crippen molar-refractivity contribution in [2.24, 2.45) is 39.2 Å². The van der Waals surface area contributed by atoms with Crippen LogP contribution in [-0.4, -0.2) is 83.7 Å². The van der Waals surface area contributed by atoms with Crippen molar-refractivity contribution in [1.29, 1.82) is 0 Å². The molecule has 1 aromatic carbocycles. The normalized spacial score (nSPS) is 19.4. The largest absolute Gasteiger partial charge is 0.493 e. The zero-order chi connectivity index (χ0) is 34.2. The number of likely N-dealkylation sites (tertiary alicyclic amines) is 2. The van der Waals surface area contributed by atoms with Crippen LogP contribution in [0, 0.1) is 23.6 Å². The summed E-state index contributed by atoms with van der Waals surface area (Å²) in [5.74, 6) is -1.87. The number of amides is 5. The minimum absolute atomic E-state index is 0.0130. The summed E-state index contributed by atoms with van der Waals surface area (Å²) in [4.78, 5) is 61.1. The number of halogens is 1. The van der Waals surface area contributed by atoms with Gasteiger partial charge in [-0.3, -0.25) is 9.59 Å². The van der Waals surface area contributed by atoms with Crippen LogP contribution in [0.2, 0.25) is 0 Å². The van der Waals surface area contributed by atoms with E-state index in [1.165, 1.54) is 17.0 Å². The lowest BCUT2D eigenvalue weighted by molar-refractivity contribution is -0.137. The molecule has 3 rings (SSSR count). The van der Waals surface area contributed by atoms with Gasteiger partial charge in [0.05, 0.1) is 6.61 Å². The molecule has 5 amide bonds. The Labute approximate surface area is 270 Å². The molecular weight excluding hydrogens is 595 g/mol. The molecule has 0 saturated carbocycles. The number of nitrogens with zero attached hydrogens (tertiary/aromatic N) is 4.